The van der Waals surface area contributed by atoms with Gasteiger partial charge in [-0.2, -0.15) is 0 Å². The third-order valence-corrected chi connectivity index (χ3v) is 7.56. The lowest BCUT2D eigenvalue weighted by Gasteiger charge is -2.33. The maximum atomic E-state index is 12.8. The molecule has 1 saturated heterocycles. The Morgan fingerprint density at radius 3 is 2.91 bits per heavy atom. The number of aromatic amines is 1. The van der Waals surface area contributed by atoms with Crippen LogP contribution in [0.15, 0.2) is 34.4 Å². The van der Waals surface area contributed by atoms with E-state index in [0.29, 0.717) is 28.8 Å². The van der Waals surface area contributed by atoms with Crippen LogP contribution in [0.4, 0.5) is 5.95 Å². The number of anilines is 1. The van der Waals surface area contributed by atoms with Crippen molar-refractivity contribution in [3.63, 3.8) is 0 Å². The minimum absolute atomic E-state index is 0.0781. The second kappa shape index (κ2) is 8.94. The van der Waals surface area contributed by atoms with Crippen LogP contribution in [0, 0.1) is 5.92 Å². The topological polar surface area (TPSA) is 87.3 Å². The Balaban J connectivity index is 1.42. The van der Waals surface area contributed by atoms with Gasteiger partial charge in [0.15, 0.2) is 0 Å². The van der Waals surface area contributed by atoms with Crippen LogP contribution in [-0.2, 0) is 4.79 Å². The van der Waals surface area contributed by atoms with Crippen LogP contribution in [0.25, 0.3) is 21.3 Å². The van der Waals surface area contributed by atoms with Crippen molar-refractivity contribution in [2.24, 2.45) is 5.92 Å². The zero-order chi connectivity index (χ0) is 22.1. The highest BCUT2D eigenvalue weighted by Gasteiger charge is 2.29. The number of thiophene rings is 1. The van der Waals surface area contributed by atoms with E-state index in [1.165, 1.54) is 24.2 Å². The van der Waals surface area contributed by atoms with Crippen LogP contribution in [0.5, 0.6) is 5.75 Å². The van der Waals surface area contributed by atoms with E-state index >= 15 is 0 Å². The number of carbonyl (C=O) groups excluding carboxylic acids is 1. The molecule has 0 bridgehead atoms. The van der Waals surface area contributed by atoms with Gasteiger partial charge in [0, 0.05) is 30.1 Å². The molecule has 1 saturated carbocycles. The number of rotatable bonds is 5. The largest absolute Gasteiger partial charge is 0.497 e. The minimum atomic E-state index is -0.137. The minimum Gasteiger partial charge on any atom is -0.497 e. The smallest absolute Gasteiger partial charge is 0.270 e. The van der Waals surface area contributed by atoms with E-state index in [2.05, 4.69) is 15.2 Å². The molecule has 1 aromatic carbocycles. The van der Waals surface area contributed by atoms with Gasteiger partial charge in [-0.1, -0.05) is 25.0 Å². The van der Waals surface area contributed by atoms with Crippen molar-refractivity contribution in [2.45, 2.75) is 44.6 Å². The van der Waals surface area contributed by atoms with Crippen molar-refractivity contribution in [1.29, 1.82) is 0 Å². The number of amides is 1. The number of methoxy groups -OCH3 is 1. The molecule has 1 atom stereocenters. The highest BCUT2D eigenvalue weighted by atomic mass is 32.1. The summed E-state index contributed by atoms with van der Waals surface area (Å²) in [6, 6.07) is 8.10. The van der Waals surface area contributed by atoms with Gasteiger partial charge in [0.1, 0.15) is 10.4 Å². The lowest BCUT2D eigenvalue weighted by molar-refractivity contribution is -0.125. The summed E-state index contributed by atoms with van der Waals surface area (Å²) in [6.07, 6.45) is 6.33. The number of H-pyrrole nitrogens is 1. The molecule has 1 aliphatic carbocycles. The summed E-state index contributed by atoms with van der Waals surface area (Å²) in [5.74, 6) is 1.37. The molecular weight excluding hydrogens is 424 g/mol. The molecule has 8 heteroatoms. The third kappa shape index (κ3) is 4.11. The SMILES string of the molecule is COc1cccc(-c2csc3c(=O)[nH]c(N4CCCC(C(=O)NC5CCCC5)C4)nc23)c1. The van der Waals surface area contributed by atoms with Crippen LogP contribution in [0.3, 0.4) is 0 Å². The molecule has 7 nitrogen and oxygen atoms in total. The normalized spacial score (nSPS) is 19.4. The second-order valence-electron chi connectivity index (χ2n) is 8.72. The van der Waals surface area contributed by atoms with E-state index in [4.69, 9.17) is 9.72 Å². The maximum Gasteiger partial charge on any atom is 0.270 e. The summed E-state index contributed by atoms with van der Waals surface area (Å²) >= 11 is 1.40. The average molecular weight is 453 g/mol. The van der Waals surface area contributed by atoms with Crippen LogP contribution < -0.4 is 20.5 Å². The fourth-order valence-corrected chi connectivity index (χ4v) is 5.74. The lowest BCUT2D eigenvalue weighted by Crippen LogP contribution is -2.46. The Labute approximate surface area is 190 Å². The predicted molar refractivity (Wildman–Crippen MR) is 128 cm³/mol. The van der Waals surface area contributed by atoms with Gasteiger partial charge in [-0.05, 0) is 43.4 Å². The Bertz CT molecular complexity index is 1180. The Hall–Kier alpha value is -2.87. The van der Waals surface area contributed by atoms with Crippen molar-refractivity contribution < 1.29 is 9.53 Å². The Kier molecular flexibility index (Phi) is 5.87. The summed E-state index contributed by atoms with van der Waals surface area (Å²) in [4.78, 5) is 35.5. The van der Waals surface area contributed by atoms with Crippen molar-refractivity contribution in [3.8, 4) is 16.9 Å². The number of carbonyl (C=O) groups is 1. The number of benzene rings is 1. The van der Waals surface area contributed by atoms with E-state index in [1.807, 2.05) is 29.6 Å². The highest BCUT2D eigenvalue weighted by Crippen LogP contribution is 2.33. The number of fused-ring (bicyclic) bond motifs is 1. The monoisotopic (exact) mass is 452 g/mol. The molecule has 2 aliphatic rings. The molecule has 2 N–H and O–H groups in total. The molecule has 32 heavy (non-hydrogen) atoms. The fraction of sp³-hybridized carbons (Fsp3) is 0.458. The zero-order valence-corrected chi connectivity index (χ0v) is 19.0. The summed E-state index contributed by atoms with van der Waals surface area (Å²) in [7, 11) is 1.64. The van der Waals surface area contributed by atoms with Gasteiger partial charge in [-0.25, -0.2) is 4.98 Å². The maximum absolute atomic E-state index is 12.8. The molecule has 1 aliphatic heterocycles. The highest BCUT2D eigenvalue weighted by molar-refractivity contribution is 7.17. The summed E-state index contributed by atoms with van der Waals surface area (Å²) in [5.41, 5.74) is 2.44. The Morgan fingerprint density at radius 2 is 2.09 bits per heavy atom. The van der Waals surface area contributed by atoms with Crippen molar-refractivity contribution in [2.75, 3.05) is 25.1 Å². The number of hydrogen-bond acceptors (Lipinski definition) is 6. The quantitative estimate of drug-likeness (QED) is 0.612. The number of nitrogens with one attached hydrogen (secondary N) is 2. The van der Waals surface area contributed by atoms with E-state index in [-0.39, 0.29) is 17.4 Å². The van der Waals surface area contributed by atoms with Crippen molar-refractivity contribution in [3.05, 3.63) is 40.0 Å². The Morgan fingerprint density at radius 1 is 1.25 bits per heavy atom. The molecule has 2 aromatic heterocycles. The molecule has 168 valence electrons. The molecule has 1 amide bonds. The molecule has 1 unspecified atom stereocenters. The number of hydrogen-bond donors (Lipinski definition) is 2. The van der Waals surface area contributed by atoms with E-state index in [0.717, 1.165) is 49.1 Å². The van der Waals surface area contributed by atoms with Crippen molar-refractivity contribution >= 4 is 33.4 Å². The number of ether oxygens (including phenoxy) is 1. The molecule has 0 spiro atoms. The first kappa shape index (κ1) is 21.0. The first-order valence-corrected chi connectivity index (χ1v) is 12.2. The fourth-order valence-electron chi connectivity index (χ4n) is 4.83. The molecule has 0 radical (unpaired) electrons. The van der Waals surface area contributed by atoms with Gasteiger partial charge in [0.2, 0.25) is 11.9 Å². The summed E-state index contributed by atoms with van der Waals surface area (Å²) in [6.45, 7) is 1.35. The van der Waals surface area contributed by atoms with Crippen LogP contribution in [0.1, 0.15) is 38.5 Å². The lowest BCUT2D eigenvalue weighted by atomic mass is 9.97. The molecule has 2 fully saturated rings. The van der Waals surface area contributed by atoms with Gasteiger partial charge in [-0.3, -0.25) is 14.6 Å². The predicted octanol–water partition coefficient (Wildman–Crippen LogP) is 3.94. The van der Waals surface area contributed by atoms with E-state index < -0.39 is 0 Å². The third-order valence-electron chi connectivity index (χ3n) is 6.59. The van der Waals surface area contributed by atoms with E-state index in [9.17, 15) is 9.59 Å². The number of nitrogens with zero attached hydrogens (tertiary/aromatic N) is 2. The zero-order valence-electron chi connectivity index (χ0n) is 18.2. The van der Waals surface area contributed by atoms with Gasteiger partial charge in [0.05, 0.1) is 18.5 Å². The first-order valence-electron chi connectivity index (χ1n) is 11.3. The van der Waals surface area contributed by atoms with Crippen LogP contribution in [0.2, 0.25) is 0 Å². The van der Waals surface area contributed by atoms with Gasteiger partial charge in [0.25, 0.3) is 5.56 Å². The first-order chi connectivity index (χ1) is 15.6. The number of piperidine rings is 1. The molecular formula is C24H28N4O3S. The van der Waals surface area contributed by atoms with Gasteiger partial charge >= 0.3 is 0 Å². The van der Waals surface area contributed by atoms with Crippen molar-refractivity contribution in [1.82, 2.24) is 15.3 Å². The van der Waals surface area contributed by atoms with Gasteiger partial charge < -0.3 is 15.0 Å². The van der Waals surface area contributed by atoms with Crippen LogP contribution in [-0.4, -0.2) is 42.1 Å². The second-order valence-corrected chi connectivity index (χ2v) is 9.60. The van der Waals surface area contributed by atoms with Gasteiger partial charge in [-0.15, -0.1) is 11.3 Å². The molecule has 5 rings (SSSR count). The summed E-state index contributed by atoms with van der Waals surface area (Å²) < 4.78 is 5.97. The summed E-state index contributed by atoms with van der Waals surface area (Å²) in [5, 5.41) is 5.20. The molecule has 3 heterocycles. The molecule has 3 aromatic rings. The number of aromatic nitrogens is 2. The average Bonchev–Trinajstić information content (AvgIpc) is 3.49. The standard InChI is InChI=1S/C24H28N4O3S/c1-31-18-10-4-6-15(12-18)19-14-32-21-20(19)26-24(27-23(21)30)28-11-5-7-16(13-28)22(29)25-17-8-2-3-9-17/h4,6,10,12,14,16-17H,2-3,5,7-9,11,13H2,1H3,(H,25,29)(H,26,27,30). The van der Waals surface area contributed by atoms with E-state index in [1.54, 1.807) is 7.11 Å². The van der Waals surface area contributed by atoms with Crippen LogP contribution >= 0.6 is 11.3 Å².